The number of nitrogens with one attached hydrogen (secondary N) is 1. The van der Waals surface area contributed by atoms with E-state index in [9.17, 15) is 14.7 Å². The summed E-state index contributed by atoms with van der Waals surface area (Å²) < 4.78 is 5.74. The molecule has 0 spiro atoms. The maximum absolute atomic E-state index is 12.6. The van der Waals surface area contributed by atoms with Crippen molar-refractivity contribution in [2.75, 3.05) is 13.2 Å². The molecule has 1 aliphatic heterocycles. The fraction of sp³-hybridized carbons (Fsp3) is 0.619. The van der Waals surface area contributed by atoms with Crippen molar-refractivity contribution in [3.05, 3.63) is 29.3 Å². The van der Waals surface area contributed by atoms with E-state index in [1.807, 2.05) is 19.1 Å². The van der Waals surface area contributed by atoms with E-state index in [4.69, 9.17) is 4.74 Å². The van der Waals surface area contributed by atoms with Gasteiger partial charge >= 0.3 is 6.03 Å². The van der Waals surface area contributed by atoms with E-state index >= 15 is 0 Å². The van der Waals surface area contributed by atoms with Crippen LogP contribution in [0.5, 0.6) is 5.75 Å². The molecule has 0 radical (unpaired) electrons. The number of carbonyl (C=O) groups is 2. The molecule has 1 aromatic carbocycles. The highest BCUT2D eigenvalue weighted by molar-refractivity contribution is 6.07. The minimum absolute atomic E-state index is 0.0207. The van der Waals surface area contributed by atoms with Gasteiger partial charge in [-0.05, 0) is 55.2 Å². The summed E-state index contributed by atoms with van der Waals surface area (Å²) in [6.07, 6.45) is 0.959. The van der Waals surface area contributed by atoms with Crippen molar-refractivity contribution in [3.8, 4) is 5.75 Å². The van der Waals surface area contributed by atoms with Gasteiger partial charge in [-0.3, -0.25) is 9.69 Å². The number of aliphatic hydroxyl groups is 1. The number of urea groups is 1. The molecule has 3 rings (SSSR count). The largest absolute Gasteiger partial charge is 0.491 e. The van der Waals surface area contributed by atoms with Gasteiger partial charge in [-0.1, -0.05) is 32.9 Å². The number of aliphatic hydroxyl groups excluding tert-OH is 1. The van der Waals surface area contributed by atoms with Crippen LogP contribution in [-0.2, 0) is 10.2 Å². The van der Waals surface area contributed by atoms with Crippen LogP contribution in [0.4, 0.5) is 4.79 Å². The second-order valence-corrected chi connectivity index (χ2v) is 9.02. The summed E-state index contributed by atoms with van der Waals surface area (Å²) in [7, 11) is 0. The van der Waals surface area contributed by atoms with Crippen molar-refractivity contribution in [2.45, 2.75) is 64.5 Å². The third kappa shape index (κ3) is 3.95. The fourth-order valence-electron chi connectivity index (χ4n) is 3.55. The summed E-state index contributed by atoms with van der Waals surface area (Å²) in [5.41, 5.74) is 1.44. The zero-order valence-corrected chi connectivity index (χ0v) is 16.8. The Morgan fingerprint density at radius 2 is 2.00 bits per heavy atom. The molecule has 0 unspecified atom stereocenters. The molecule has 0 aromatic heterocycles. The molecular weight excluding hydrogens is 344 g/mol. The summed E-state index contributed by atoms with van der Waals surface area (Å²) >= 11 is 0. The van der Waals surface area contributed by atoms with E-state index in [2.05, 4.69) is 32.2 Å². The molecule has 2 aliphatic rings. The van der Waals surface area contributed by atoms with Gasteiger partial charge in [0.2, 0.25) is 0 Å². The van der Waals surface area contributed by atoms with Gasteiger partial charge in [0.25, 0.3) is 5.91 Å². The Balaban J connectivity index is 1.58. The summed E-state index contributed by atoms with van der Waals surface area (Å²) in [6, 6.07) is 5.58. The van der Waals surface area contributed by atoms with Crippen molar-refractivity contribution < 1.29 is 19.4 Å². The predicted molar refractivity (Wildman–Crippen MR) is 103 cm³/mol. The van der Waals surface area contributed by atoms with Gasteiger partial charge in [-0.25, -0.2) is 4.79 Å². The molecule has 1 heterocycles. The predicted octanol–water partition coefficient (Wildman–Crippen LogP) is 2.75. The Morgan fingerprint density at radius 1 is 1.33 bits per heavy atom. The van der Waals surface area contributed by atoms with Crippen LogP contribution >= 0.6 is 0 Å². The van der Waals surface area contributed by atoms with Gasteiger partial charge in [0.1, 0.15) is 24.0 Å². The average molecular weight is 374 g/mol. The zero-order chi connectivity index (χ0) is 20.0. The number of aryl methyl sites for hydroxylation is 1. The number of carbonyl (C=O) groups excluding carboxylic acids is 2. The van der Waals surface area contributed by atoms with Crippen LogP contribution in [-0.4, -0.2) is 46.7 Å². The lowest BCUT2D eigenvalue weighted by Gasteiger charge is -2.23. The molecule has 2 N–H and O–H groups in total. The van der Waals surface area contributed by atoms with Gasteiger partial charge in [-0.15, -0.1) is 0 Å². The number of benzene rings is 1. The average Bonchev–Trinajstić information content (AvgIpc) is 3.39. The van der Waals surface area contributed by atoms with Crippen LogP contribution in [0.3, 0.4) is 0 Å². The first kappa shape index (κ1) is 19.7. The van der Waals surface area contributed by atoms with E-state index in [0.29, 0.717) is 5.75 Å². The monoisotopic (exact) mass is 374 g/mol. The first-order valence-electron chi connectivity index (χ1n) is 9.58. The van der Waals surface area contributed by atoms with E-state index in [0.717, 1.165) is 23.3 Å². The van der Waals surface area contributed by atoms with E-state index in [-0.39, 0.29) is 30.4 Å². The lowest BCUT2D eigenvalue weighted by atomic mass is 9.86. The molecule has 2 atom stereocenters. The molecule has 1 saturated heterocycles. The van der Waals surface area contributed by atoms with Gasteiger partial charge in [0.15, 0.2) is 0 Å². The number of hydrogen-bond acceptors (Lipinski definition) is 4. The summed E-state index contributed by atoms with van der Waals surface area (Å²) in [6.45, 7) is 10.2. The molecule has 6 nitrogen and oxygen atoms in total. The standard InChI is InChI=1S/C21H30N2O4/c1-13-10-15(20(2,3)4)8-9-17(13)27-12-16(24)11-23-18(25)21(5,14-6-7-14)22-19(23)26/h8-10,14,16,24H,6-7,11-12H2,1-5H3,(H,22,26)/t16-,21-/m0/s1. The van der Waals surface area contributed by atoms with Crippen LogP contribution in [0.2, 0.25) is 0 Å². The highest BCUT2D eigenvalue weighted by Crippen LogP contribution is 2.42. The highest BCUT2D eigenvalue weighted by atomic mass is 16.5. The third-order valence-corrected chi connectivity index (χ3v) is 5.56. The molecule has 1 aromatic rings. The topological polar surface area (TPSA) is 78.9 Å². The lowest BCUT2D eigenvalue weighted by Crippen LogP contribution is -2.46. The summed E-state index contributed by atoms with van der Waals surface area (Å²) in [4.78, 5) is 25.9. The molecule has 3 amide bonds. The Labute approximate surface area is 160 Å². The molecule has 1 aliphatic carbocycles. The second-order valence-electron chi connectivity index (χ2n) is 9.02. The molecule has 0 bridgehead atoms. The first-order chi connectivity index (χ1) is 12.5. The summed E-state index contributed by atoms with van der Waals surface area (Å²) in [5.74, 6) is 0.651. The van der Waals surface area contributed by atoms with Gasteiger partial charge in [0, 0.05) is 0 Å². The number of β-amino-alcohol motifs (C(OH)–C–C–N with tert-alkyl or cyclic N) is 1. The van der Waals surface area contributed by atoms with Crippen LogP contribution in [0.15, 0.2) is 18.2 Å². The Hall–Kier alpha value is -2.08. The molecule has 148 valence electrons. The van der Waals surface area contributed by atoms with Gasteiger partial charge in [-0.2, -0.15) is 0 Å². The maximum Gasteiger partial charge on any atom is 0.325 e. The molecule has 1 saturated carbocycles. The number of hydrogen-bond donors (Lipinski definition) is 2. The molecule has 27 heavy (non-hydrogen) atoms. The van der Waals surface area contributed by atoms with E-state index in [1.54, 1.807) is 6.92 Å². The Morgan fingerprint density at radius 3 is 2.56 bits per heavy atom. The van der Waals surface area contributed by atoms with Crippen LogP contribution in [0.25, 0.3) is 0 Å². The molecule has 2 fully saturated rings. The second kappa shape index (κ2) is 6.82. The number of rotatable bonds is 6. The van der Waals surface area contributed by atoms with Crippen LogP contribution < -0.4 is 10.1 Å². The fourth-order valence-corrected chi connectivity index (χ4v) is 3.55. The maximum atomic E-state index is 12.6. The number of ether oxygens (including phenoxy) is 1. The molecule has 6 heteroatoms. The summed E-state index contributed by atoms with van der Waals surface area (Å²) in [5, 5.41) is 13.1. The van der Waals surface area contributed by atoms with E-state index in [1.165, 1.54) is 5.56 Å². The molecular formula is C21H30N2O4. The smallest absolute Gasteiger partial charge is 0.325 e. The third-order valence-electron chi connectivity index (χ3n) is 5.56. The number of imide groups is 1. The SMILES string of the molecule is Cc1cc(C(C)(C)C)ccc1OC[C@@H](O)CN1C(=O)N[C@@](C)(C2CC2)C1=O. The van der Waals surface area contributed by atoms with Gasteiger partial charge in [0.05, 0.1) is 6.54 Å². The van der Waals surface area contributed by atoms with Crippen LogP contribution in [0.1, 0.15) is 51.7 Å². The van der Waals surface area contributed by atoms with E-state index < -0.39 is 17.7 Å². The quantitative estimate of drug-likeness (QED) is 0.751. The zero-order valence-electron chi connectivity index (χ0n) is 16.8. The Kier molecular flexibility index (Phi) is 4.97. The lowest BCUT2D eigenvalue weighted by molar-refractivity contribution is -0.132. The van der Waals surface area contributed by atoms with Crippen molar-refractivity contribution in [1.29, 1.82) is 0 Å². The van der Waals surface area contributed by atoms with Crippen LogP contribution in [0, 0.1) is 12.8 Å². The minimum atomic E-state index is -0.942. The van der Waals surface area contributed by atoms with Crippen molar-refractivity contribution in [1.82, 2.24) is 10.2 Å². The van der Waals surface area contributed by atoms with Crippen molar-refractivity contribution >= 4 is 11.9 Å². The number of amides is 3. The van der Waals surface area contributed by atoms with Crippen molar-refractivity contribution in [2.24, 2.45) is 5.92 Å². The first-order valence-corrected chi connectivity index (χ1v) is 9.58. The number of nitrogens with zero attached hydrogens (tertiary/aromatic N) is 1. The highest BCUT2D eigenvalue weighted by Gasteiger charge is 2.56. The normalized spacial score (nSPS) is 24.1. The van der Waals surface area contributed by atoms with Crippen molar-refractivity contribution in [3.63, 3.8) is 0 Å². The van der Waals surface area contributed by atoms with Gasteiger partial charge < -0.3 is 15.2 Å². The Bertz CT molecular complexity index is 751. The minimum Gasteiger partial charge on any atom is -0.491 e.